The van der Waals surface area contributed by atoms with Crippen molar-refractivity contribution in [3.05, 3.63) is 47.9 Å². The van der Waals surface area contributed by atoms with Crippen LogP contribution >= 0.6 is 0 Å². The van der Waals surface area contributed by atoms with Crippen LogP contribution in [0.5, 0.6) is 0 Å². The second kappa shape index (κ2) is 7.59. The number of aromatic nitrogens is 2. The molecule has 0 saturated carbocycles. The Morgan fingerprint density at radius 2 is 1.96 bits per heavy atom. The summed E-state index contributed by atoms with van der Waals surface area (Å²) in [4.78, 5) is 21.8. The van der Waals surface area contributed by atoms with Crippen molar-refractivity contribution in [1.82, 2.24) is 20.2 Å². The van der Waals surface area contributed by atoms with Crippen molar-refractivity contribution in [3.8, 4) is 0 Å². The quantitative estimate of drug-likeness (QED) is 0.849. The van der Waals surface area contributed by atoms with Crippen LogP contribution in [0.3, 0.4) is 0 Å². The van der Waals surface area contributed by atoms with Gasteiger partial charge in [0.1, 0.15) is 17.8 Å². The summed E-state index contributed by atoms with van der Waals surface area (Å²) in [5.41, 5.74) is 0.505. The van der Waals surface area contributed by atoms with Crippen molar-refractivity contribution in [2.75, 3.05) is 32.5 Å². The lowest BCUT2D eigenvalue weighted by atomic mass is 10.3. The molecule has 0 aliphatic carbocycles. The number of hydrogen-bond donors (Lipinski definition) is 2. The largest absolute Gasteiger partial charge is 0.349 e. The fraction of sp³-hybridized carbons (Fsp3) is 0.267. The maximum Gasteiger partial charge on any atom is 0.270 e. The van der Waals surface area contributed by atoms with Crippen LogP contribution in [0.2, 0.25) is 0 Å². The summed E-state index contributed by atoms with van der Waals surface area (Å²) in [6.45, 7) is 1.19. The molecule has 122 valence electrons. The third kappa shape index (κ3) is 4.96. The molecule has 1 aromatic carbocycles. The second-order valence-electron chi connectivity index (χ2n) is 5.10. The van der Waals surface area contributed by atoms with Crippen LogP contribution in [0.15, 0.2) is 30.6 Å². The summed E-state index contributed by atoms with van der Waals surface area (Å²) in [5.74, 6) is -1.92. The molecule has 6 nitrogen and oxygen atoms in total. The fourth-order valence-corrected chi connectivity index (χ4v) is 1.76. The van der Waals surface area contributed by atoms with Crippen molar-refractivity contribution in [2.45, 2.75) is 0 Å². The average Bonchev–Trinajstić information content (AvgIpc) is 2.51. The summed E-state index contributed by atoms with van der Waals surface area (Å²) < 4.78 is 26.1. The number of rotatable bonds is 6. The van der Waals surface area contributed by atoms with E-state index in [4.69, 9.17) is 0 Å². The zero-order valence-electron chi connectivity index (χ0n) is 12.8. The van der Waals surface area contributed by atoms with Gasteiger partial charge in [0.15, 0.2) is 11.6 Å². The molecule has 0 bridgehead atoms. The summed E-state index contributed by atoms with van der Waals surface area (Å²) in [6.07, 6.45) is 1.23. The standard InChI is InChI=1S/C15H17F2N5O/c1-22(2)6-5-18-15(23)13-8-14(20-9-19-13)21-10-3-4-11(16)12(17)7-10/h3-4,7-9H,5-6H2,1-2H3,(H,18,23)(H,19,20,21). The molecular weight excluding hydrogens is 304 g/mol. The van der Waals surface area contributed by atoms with E-state index in [2.05, 4.69) is 20.6 Å². The smallest absolute Gasteiger partial charge is 0.270 e. The number of hydrogen-bond acceptors (Lipinski definition) is 5. The number of carbonyl (C=O) groups is 1. The van der Waals surface area contributed by atoms with Crippen molar-refractivity contribution in [2.24, 2.45) is 0 Å². The van der Waals surface area contributed by atoms with E-state index in [1.165, 1.54) is 18.5 Å². The molecule has 0 radical (unpaired) electrons. The molecule has 2 aromatic rings. The number of anilines is 2. The topological polar surface area (TPSA) is 70.2 Å². The molecule has 8 heteroatoms. The first-order chi connectivity index (χ1) is 11.0. The fourth-order valence-electron chi connectivity index (χ4n) is 1.76. The highest BCUT2D eigenvalue weighted by Gasteiger charge is 2.09. The van der Waals surface area contributed by atoms with Crippen LogP contribution in [0, 0.1) is 11.6 Å². The summed E-state index contributed by atoms with van der Waals surface area (Å²) in [5, 5.41) is 5.53. The van der Waals surface area contributed by atoms with Crippen molar-refractivity contribution in [1.29, 1.82) is 0 Å². The minimum atomic E-state index is -0.967. The van der Waals surface area contributed by atoms with E-state index in [1.54, 1.807) is 0 Å². The highest BCUT2D eigenvalue weighted by atomic mass is 19.2. The predicted molar refractivity (Wildman–Crippen MR) is 82.6 cm³/mol. The van der Waals surface area contributed by atoms with Crippen LogP contribution < -0.4 is 10.6 Å². The van der Waals surface area contributed by atoms with Crippen molar-refractivity contribution < 1.29 is 13.6 Å². The lowest BCUT2D eigenvalue weighted by Gasteiger charge is -2.10. The molecule has 1 heterocycles. The zero-order chi connectivity index (χ0) is 16.8. The number of halogens is 2. The summed E-state index contributed by atoms with van der Waals surface area (Å²) in [6, 6.07) is 4.82. The Balaban J connectivity index is 2.04. The van der Waals surface area contributed by atoms with Gasteiger partial charge in [-0.25, -0.2) is 18.7 Å². The SMILES string of the molecule is CN(C)CCNC(=O)c1cc(Nc2ccc(F)c(F)c2)ncn1. The number of benzene rings is 1. The number of likely N-dealkylation sites (N-methyl/N-ethyl adjacent to an activating group) is 1. The highest BCUT2D eigenvalue weighted by Crippen LogP contribution is 2.17. The Morgan fingerprint density at radius 3 is 2.65 bits per heavy atom. The normalized spacial score (nSPS) is 10.7. The van der Waals surface area contributed by atoms with Crippen LogP contribution in [0.1, 0.15) is 10.5 Å². The molecule has 0 unspecified atom stereocenters. The van der Waals surface area contributed by atoms with E-state index in [0.29, 0.717) is 24.6 Å². The molecule has 0 fully saturated rings. The van der Waals surface area contributed by atoms with Gasteiger partial charge in [0.25, 0.3) is 5.91 Å². The van der Waals surface area contributed by atoms with Gasteiger partial charge in [0, 0.05) is 30.9 Å². The lowest BCUT2D eigenvalue weighted by Crippen LogP contribution is -2.31. The Bertz CT molecular complexity index is 693. The van der Waals surface area contributed by atoms with Crippen molar-refractivity contribution >= 4 is 17.4 Å². The molecule has 23 heavy (non-hydrogen) atoms. The minimum Gasteiger partial charge on any atom is -0.349 e. The van der Waals surface area contributed by atoms with E-state index in [1.807, 2.05) is 19.0 Å². The van der Waals surface area contributed by atoms with E-state index in [-0.39, 0.29) is 11.6 Å². The average molecular weight is 321 g/mol. The van der Waals surface area contributed by atoms with Crippen LogP contribution in [-0.2, 0) is 0 Å². The molecule has 0 atom stereocenters. The van der Waals surface area contributed by atoms with Gasteiger partial charge in [0.2, 0.25) is 0 Å². The Labute approximate surface area is 132 Å². The maximum absolute atomic E-state index is 13.2. The van der Waals surface area contributed by atoms with Gasteiger partial charge in [0.05, 0.1) is 0 Å². The van der Waals surface area contributed by atoms with E-state index < -0.39 is 11.6 Å². The van der Waals surface area contributed by atoms with Gasteiger partial charge in [-0.2, -0.15) is 0 Å². The van der Waals surface area contributed by atoms with Gasteiger partial charge in [-0.1, -0.05) is 0 Å². The monoisotopic (exact) mass is 321 g/mol. The third-order valence-corrected chi connectivity index (χ3v) is 2.94. The first-order valence-electron chi connectivity index (χ1n) is 6.93. The number of nitrogens with zero attached hydrogens (tertiary/aromatic N) is 3. The molecule has 2 N–H and O–H groups in total. The Kier molecular flexibility index (Phi) is 5.53. The first kappa shape index (κ1) is 16.8. The summed E-state index contributed by atoms with van der Waals surface area (Å²) in [7, 11) is 3.81. The van der Waals surface area contributed by atoms with E-state index >= 15 is 0 Å². The number of nitrogens with one attached hydrogen (secondary N) is 2. The van der Waals surface area contributed by atoms with Gasteiger partial charge >= 0.3 is 0 Å². The summed E-state index contributed by atoms with van der Waals surface area (Å²) >= 11 is 0. The Hall–Kier alpha value is -2.61. The van der Waals surface area contributed by atoms with Crippen molar-refractivity contribution in [3.63, 3.8) is 0 Å². The highest BCUT2D eigenvalue weighted by molar-refractivity contribution is 5.92. The molecule has 0 aliphatic heterocycles. The van der Waals surface area contributed by atoms with Gasteiger partial charge < -0.3 is 15.5 Å². The maximum atomic E-state index is 13.2. The van der Waals surface area contributed by atoms with Crippen LogP contribution in [0.25, 0.3) is 0 Å². The van der Waals surface area contributed by atoms with E-state index in [0.717, 1.165) is 12.1 Å². The molecular formula is C15H17F2N5O. The molecule has 0 spiro atoms. The van der Waals surface area contributed by atoms with E-state index in [9.17, 15) is 13.6 Å². The molecule has 1 aromatic heterocycles. The Morgan fingerprint density at radius 1 is 1.17 bits per heavy atom. The first-order valence-corrected chi connectivity index (χ1v) is 6.93. The van der Waals surface area contributed by atoms with Crippen LogP contribution in [-0.4, -0.2) is 48.0 Å². The van der Waals surface area contributed by atoms with Crippen LogP contribution in [0.4, 0.5) is 20.3 Å². The predicted octanol–water partition coefficient (Wildman–Crippen LogP) is 1.79. The van der Waals surface area contributed by atoms with Gasteiger partial charge in [-0.15, -0.1) is 0 Å². The zero-order valence-corrected chi connectivity index (χ0v) is 12.8. The minimum absolute atomic E-state index is 0.184. The van der Waals surface area contributed by atoms with Gasteiger partial charge in [-0.05, 0) is 26.2 Å². The second-order valence-corrected chi connectivity index (χ2v) is 5.10. The van der Waals surface area contributed by atoms with Gasteiger partial charge in [-0.3, -0.25) is 4.79 Å². The molecule has 0 aliphatic rings. The lowest BCUT2D eigenvalue weighted by molar-refractivity contribution is 0.0946. The number of amides is 1. The third-order valence-electron chi connectivity index (χ3n) is 2.94. The number of carbonyl (C=O) groups excluding carboxylic acids is 1. The molecule has 2 rings (SSSR count). The molecule has 0 saturated heterocycles. The molecule has 1 amide bonds.